The van der Waals surface area contributed by atoms with Crippen molar-refractivity contribution in [3.05, 3.63) is 35.4 Å². The summed E-state index contributed by atoms with van der Waals surface area (Å²) in [4.78, 5) is 25.4. The van der Waals surface area contributed by atoms with Crippen molar-refractivity contribution in [2.24, 2.45) is 11.7 Å². The van der Waals surface area contributed by atoms with Crippen LogP contribution in [0.4, 0.5) is 0 Å². The molecule has 19 heavy (non-hydrogen) atoms. The lowest BCUT2D eigenvalue weighted by molar-refractivity contribution is 0.0641. The average Bonchev–Trinajstić information content (AvgIpc) is 2.54. The molecule has 0 aromatic heterocycles. The minimum absolute atomic E-state index is 0. The van der Waals surface area contributed by atoms with Gasteiger partial charge in [-0.05, 0) is 24.5 Å². The zero-order chi connectivity index (χ0) is 13.3. The van der Waals surface area contributed by atoms with E-state index in [4.69, 9.17) is 5.73 Å². The number of nitrogens with two attached hydrogens (primary N) is 1. The van der Waals surface area contributed by atoms with Gasteiger partial charge in [0.2, 0.25) is 0 Å². The van der Waals surface area contributed by atoms with Gasteiger partial charge in [-0.15, -0.1) is 12.4 Å². The summed E-state index contributed by atoms with van der Waals surface area (Å²) in [7, 11) is 0. The molecule has 0 saturated heterocycles. The van der Waals surface area contributed by atoms with Gasteiger partial charge in [0.05, 0.1) is 11.1 Å². The Kier molecular flexibility index (Phi) is 5.09. The molecule has 5 heteroatoms. The molecule has 2 amide bonds. The van der Waals surface area contributed by atoms with Crippen molar-refractivity contribution >= 4 is 24.2 Å². The highest BCUT2D eigenvalue weighted by atomic mass is 35.5. The molecule has 1 aliphatic heterocycles. The number of halogens is 1. The van der Waals surface area contributed by atoms with Gasteiger partial charge in [0.1, 0.15) is 0 Å². The van der Waals surface area contributed by atoms with Crippen LogP contribution >= 0.6 is 12.4 Å². The smallest absolute Gasteiger partial charge is 0.261 e. The molecule has 0 aliphatic carbocycles. The van der Waals surface area contributed by atoms with Crippen molar-refractivity contribution in [1.82, 2.24) is 4.90 Å². The van der Waals surface area contributed by atoms with Crippen molar-refractivity contribution < 1.29 is 9.59 Å². The van der Waals surface area contributed by atoms with Crippen molar-refractivity contribution in [3.8, 4) is 0 Å². The Morgan fingerprint density at radius 2 is 1.58 bits per heavy atom. The van der Waals surface area contributed by atoms with Gasteiger partial charge in [-0.25, -0.2) is 0 Å². The molecule has 1 aliphatic rings. The van der Waals surface area contributed by atoms with E-state index < -0.39 is 0 Å². The third kappa shape index (κ3) is 3.14. The maximum atomic E-state index is 12.1. The molecule has 0 saturated carbocycles. The molecule has 104 valence electrons. The number of hydrogen-bond acceptors (Lipinski definition) is 3. The molecular weight excluding hydrogens is 264 g/mol. The number of rotatable bonds is 4. The molecule has 2 rings (SSSR count). The highest BCUT2D eigenvalue weighted by molar-refractivity contribution is 6.21. The maximum Gasteiger partial charge on any atom is 0.261 e. The van der Waals surface area contributed by atoms with Crippen LogP contribution in [0.2, 0.25) is 0 Å². The Hall–Kier alpha value is -1.39. The third-order valence-electron chi connectivity index (χ3n) is 3.07. The van der Waals surface area contributed by atoms with Crippen molar-refractivity contribution in [2.45, 2.75) is 26.3 Å². The van der Waals surface area contributed by atoms with Crippen LogP contribution in [-0.2, 0) is 0 Å². The molecule has 1 unspecified atom stereocenters. The van der Waals surface area contributed by atoms with Crippen LogP contribution in [0.25, 0.3) is 0 Å². The summed E-state index contributed by atoms with van der Waals surface area (Å²) in [6.45, 7) is 4.44. The van der Waals surface area contributed by atoms with Crippen LogP contribution in [0.3, 0.4) is 0 Å². The number of fused-ring (bicyclic) bond motifs is 1. The van der Waals surface area contributed by atoms with Crippen LogP contribution in [0, 0.1) is 5.92 Å². The second-order valence-corrected chi connectivity index (χ2v) is 5.16. The lowest BCUT2D eigenvalue weighted by atomic mass is 10.0. The number of benzene rings is 1. The van der Waals surface area contributed by atoms with Crippen LogP contribution in [0.5, 0.6) is 0 Å². The second-order valence-electron chi connectivity index (χ2n) is 5.16. The van der Waals surface area contributed by atoms with Crippen LogP contribution in [0.1, 0.15) is 41.0 Å². The summed E-state index contributed by atoms with van der Waals surface area (Å²) in [5.74, 6) is -0.000190. The zero-order valence-corrected chi connectivity index (χ0v) is 11.9. The maximum absolute atomic E-state index is 12.1. The summed E-state index contributed by atoms with van der Waals surface area (Å²) in [5.41, 5.74) is 6.94. The predicted molar refractivity (Wildman–Crippen MR) is 76.5 cm³/mol. The summed E-state index contributed by atoms with van der Waals surface area (Å²) in [6.07, 6.45) is 0.799. The van der Waals surface area contributed by atoms with Gasteiger partial charge in [0.15, 0.2) is 0 Å². The van der Waals surface area contributed by atoms with E-state index in [1.165, 1.54) is 4.90 Å². The zero-order valence-electron chi connectivity index (χ0n) is 11.1. The van der Waals surface area contributed by atoms with Gasteiger partial charge in [-0.2, -0.15) is 0 Å². The van der Waals surface area contributed by atoms with E-state index in [2.05, 4.69) is 13.8 Å². The first-order chi connectivity index (χ1) is 8.50. The Morgan fingerprint density at radius 1 is 1.11 bits per heavy atom. The summed E-state index contributed by atoms with van der Waals surface area (Å²) in [5, 5.41) is 0. The second kappa shape index (κ2) is 6.17. The molecule has 2 N–H and O–H groups in total. The normalized spacial score (nSPS) is 15.5. The number of carbonyl (C=O) groups is 2. The first-order valence-electron chi connectivity index (χ1n) is 6.21. The van der Waals surface area contributed by atoms with Crippen LogP contribution in [-0.4, -0.2) is 29.3 Å². The first-order valence-corrected chi connectivity index (χ1v) is 6.21. The Morgan fingerprint density at radius 3 is 2.00 bits per heavy atom. The van der Waals surface area contributed by atoms with E-state index in [0.29, 0.717) is 23.6 Å². The molecule has 0 spiro atoms. The summed E-state index contributed by atoms with van der Waals surface area (Å²) in [6, 6.07) is 6.74. The first kappa shape index (κ1) is 15.7. The van der Waals surface area contributed by atoms with Gasteiger partial charge >= 0.3 is 0 Å². The molecule has 0 fully saturated rings. The van der Waals surface area contributed by atoms with E-state index in [1.807, 2.05) is 0 Å². The lowest BCUT2D eigenvalue weighted by Gasteiger charge is -2.20. The van der Waals surface area contributed by atoms with E-state index in [0.717, 1.165) is 6.42 Å². The van der Waals surface area contributed by atoms with Crippen LogP contribution < -0.4 is 5.73 Å². The third-order valence-corrected chi connectivity index (χ3v) is 3.07. The Labute approximate surface area is 119 Å². The molecular formula is C14H19ClN2O2. The number of carbonyl (C=O) groups excluding carboxylic acids is 2. The van der Waals surface area contributed by atoms with Crippen molar-refractivity contribution in [2.75, 3.05) is 6.54 Å². The molecule has 1 aromatic rings. The lowest BCUT2D eigenvalue weighted by Crippen LogP contribution is -2.41. The Bertz CT molecular complexity index is 453. The molecule has 0 bridgehead atoms. The fraction of sp³-hybridized carbons (Fsp3) is 0.429. The van der Waals surface area contributed by atoms with E-state index in [-0.39, 0.29) is 30.3 Å². The molecule has 0 radical (unpaired) electrons. The number of imide groups is 1. The molecule has 1 aromatic carbocycles. The van der Waals surface area contributed by atoms with Gasteiger partial charge in [-0.3, -0.25) is 14.5 Å². The monoisotopic (exact) mass is 282 g/mol. The average molecular weight is 283 g/mol. The standard InChI is InChI=1S/C14H18N2O2.ClH/c1-9(2)7-10(15)8-16-13(17)11-5-3-4-6-12(11)14(16)18;/h3-6,9-10H,7-8,15H2,1-2H3;1H. The van der Waals surface area contributed by atoms with Crippen molar-refractivity contribution in [3.63, 3.8) is 0 Å². The van der Waals surface area contributed by atoms with Gasteiger partial charge < -0.3 is 5.73 Å². The van der Waals surface area contributed by atoms with E-state index >= 15 is 0 Å². The van der Waals surface area contributed by atoms with Gasteiger partial charge in [0.25, 0.3) is 11.8 Å². The number of amides is 2. The van der Waals surface area contributed by atoms with Crippen LogP contribution in [0.15, 0.2) is 24.3 Å². The predicted octanol–water partition coefficient (Wildman–Crippen LogP) is 2.08. The molecule has 4 nitrogen and oxygen atoms in total. The Balaban J connectivity index is 0.00000180. The van der Waals surface area contributed by atoms with Crippen molar-refractivity contribution in [1.29, 1.82) is 0 Å². The van der Waals surface area contributed by atoms with E-state index in [1.54, 1.807) is 24.3 Å². The summed E-state index contributed by atoms with van der Waals surface area (Å²) >= 11 is 0. The molecule has 1 atom stereocenters. The SMILES string of the molecule is CC(C)CC(N)CN1C(=O)c2ccccc2C1=O.Cl. The fourth-order valence-electron chi connectivity index (χ4n) is 2.32. The largest absolute Gasteiger partial charge is 0.326 e. The minimum Gasteiger partial charge on any atom is -0.326 e. The summed E-state index contributed by atoms with van der Waals surface area (Å²) < 4.78 is 0. The van der Waals surface area contributed by atoms with Gasteiger partial charge in [0, 0.05) is 12.6 Å². The van der Waals surface area contributed by atoms with Gasteiger partial charge in [-0.1, -0.05) is 26.0 Å². The quantitative estimate of drug-likeness (QED) is 0.860. The van der Waals surface area contributed by atoms with E-state index in [9.17, 15) is 9.59 Å². The fourth-order valence-corrected chi connectivity index (χ4v) is 2.32. The topological polar surface area (TPSA) is 63.4 Å². The highest BCUT2D eigenvalue weighted by Gasteiger charge is 2.35. The number of hydrogen-bond donors (Lipinski definition) is 1. The minimum atomic E-state index is -0.227. The highest BCUT2D eigenvalue weighted by Crippen LogP contribution is 2.22. The number of nitrogens with zero attached hydrogens (tertiary/aromatic N) is 1. The molecule has 1 heterocycles.